The number of H-pyrrole nitrogens is 1. The van der Waals surface area contributed by atoms with Gasteiger partial charge >= 0.3 is 0 Å². The predicted octanol–water partition coefficient (Wildman–Crippen LogP) is 3.11. The van der Waals surface area contributed by atoms with E-state index in [9.17, 15) is 8.78 Å². The summed E-state index contributed by atoms with van der Waals surface area (Å²) in [4.78, 5) is 9.34. The Morgan fingerprint density at radius 3 is 2.80 bits per heavy atom. The van der Waals surface area contributed by atoms with Crippen LogP contribution >= 0.6 is 0 Å². The highest BCUT2D eigenvalue weighted by molar-refractivity contribution is 5.75. The van der Waals surface area contributed by atoms with Crippen LogP contribution in [0, 0.1) is 11.6 Å². The number of aromatic amines is 1. The largest absolute Gasteiger partial charge is 0.486 e. The van der Waals surface area contributed by atoms with Crippen molar-refractivity contribution in [2.75, 3.05) is 20.2 Å². The summed E-state index contributed by atoms with van der Waals surface area (Å²) < 4.78 is 38.2. The van der Waals surface area contributed by atoms with Gasteiger partial charge in [-0.3, -0.25) is 4.90 Å². The Kier molecular flexibility index (Phi) is 4.01. The molecule has 1 atom stereocenters. The third-order valence-electron chi connectivity index (χ3n) is 4.08. The molecule has 5 nitrogen and oxygen atoms in total. The van der Waals surface area contributed by atoms with E-state index in [0.29, 0.717) is 36.6 Å². The molecule has 0 saturated carbocycles. The Morgan fingerprint density at radius 2 is 1.96 bits per heavy atom. The number of para-hydroxylation sites is 2. The van der Waals surface area contributed by atoms with E-state index in [-0.39, 0.29) is 6.10 Å². The van der Waals surface area contributed by atoms with E-state index in [1.165, 1.54) is 0 Å². The molecule has 25 heavy (non-hydrogen) atoms. The second-order valence-electron chi connectivity index (χ2n) is 6.16. The highest BCUT2D eigenvalue weighted by Gasteiger charge is 2.22. The molecular weight excluding hydrogens is 328 g/mol. The second-order valence-corrected chi connectivity index (χ2v) is 6.16. The maximum absolute atomic E-state index is 13.3. The van der Waals surface area contributed by atoms with Crippen molar-refractivity contribution in [3.8, 4) is 11.5 Å². The first kappa shape index (κ1) is 15.8. The number of nitrogens with zero attached hydrogens (tertiary/aromatic N) is 2. The van der Waals surface area contributed by atoms with Crippen LogP contribution in [0.15, 0.2) is 36.4 Å². The van der Waals surface area contributed by atoms with Crippen molar-refractivity contribution in [3.63, 3.8) is 0 Å². The first-order valence-corrected chi connectivity index (χ1v) is 7.99. The lowest BCUT2D eigenvalue weighted by Crippen LogP contribution is -2.39. The Balaban J connectivity index is 1.42. The summed E-state index contributed by atoms with van der Waals surface area (Å²) in [6.45, 7) is 1.60. The molecule has 0 radical (unpaired) electrons. The quantitative estimate of drug-likeness (QED) is 0.789. The van der Waals surface area contributed by atoms with Crippen LogP contribution < -0.4 is 9.47 Å². The number of hydrogen-bond donors (Lipinski definition) is 1. The Hall–Kier alpha value is -2.67. The van der Waals surface area contributed by atoms with Crippen molar-refractivity contribution < 1.29 is 18.3 Å². The maximum Gasteiger partial charge on any atom is 0.161 e. The number of aromatic nitrogens is 2. The number of imidazole rings is 1. The molecule has 1 N–H and O–H groups in total. The van der Waals surface area contributed by atoms with Gasteiger partial charge in [-0.05, 0) is 19.2 Å². The molecule has 4 rings (SSSR count). The fourth-order valence-electron chi connectivity index (χ4n) is 2.95. The average Bonchev–Trinajstić information content (AvgIpc) is 2.96. The van der Waals surface area contributed by atoms with Crippen LogP contribution in [-0.2, 0) is 6.54 Å². The molecule has 1 aliphatic heterocycles. The Bertz CT molecular complexity index is 873. The van der Waals surface area contributed by atoms with E-state index < -0.39 is 11.6 Å². The van der Waals surface area contributed by atoms with Gasteiger partial charge in [0.25, 0.3) is 0 Å². The summed E-state index contributed by atoms with van der Waals surface area (Å²) in [5, 5.41) is 0. The van der Waals surface area contributed by atoms with E-state index in [4.69, 9.17) is 9.47 Å². The number of fused-ring (bicyclic) bond motifs is 2. The molecule has 1 aliphatic rings. The third kappa shape index (κ3) is 3.28. The molecule has 1 aromatic heterocycles. The first-order chi connectivity index (χ1) is 12.1. The van der Waals surface area contributed by atoms with Crippen LogP contribution in [0.4, 0.5) is 8.78 Å². The summed E-state index contributed by atoms with van der Waals surface area (Å²) in [5.74, 6) is 0.344. The van der Waals surface area contributed by atoms with Gasteiger partial charge in [-0.2, -0.15) is 0 Å². The topological polar surface area (TPSA) is 50.4 Å². The van der Waals surface area contributed by atoms with Crippen molar-refractivity contribution >= 4 is 11.0 Å². The molecule has 0 aliphatic carbocycles. The molecule has 130 valence electrons. The standard InChI is InChI=1S/C18H17F2N3O2/c1-23(8-11-10-24-16-4-2-3-5-17(16)25-11)9-18-21-14-6-12(19)13(20)7-15(14)22-18/h2-7,11H,8-10H2,1H3,(H,21,22). The number of nitrogens with one attached hydrogen (secondary N) is 1. The van der Waals surface area contributed by atoms with Crippen molar-refractivity contribution in [1.29, 1.82) is 0 Å². The van der Waals surface area contributed by atoms with Gasteiger partial charge in [0.1, 0.15) is 18.5 Å². The molecule has 2 aromatic carbocycles. The summed E-state index contributed by atoms with van der Waals surface area (Å²) in [7, 11) is 1.93. The number of likely N-dealkylation sites (N-methyl/N-ethyl adjacent to an activating group) is 1. The van der Waals surface area contributed by atoms with Gasteiger partial charge in [-0.25, -0.2) is 13.8 Å². The summed E-state index contributed by atoms with van der Waals surface area (Å²) in [5.41, 5.74) is 0.891. The molecule has 0 fully saturated rings. The highest BCUT2D eigenvalue weighted by Crippen LogP contribution is 2.31. The van der Waals surface area contributed by atoms with Crippen LogP contribution in [0.3, 0.4) is 0 Å². The van der Waals surface area contributed by atoms with Crippen LogP contribution in [0.25, 0.3) is 11.0 Å². The molecule has 0 bridgehead atoms. The summed E-state index contributed by atoms with van der Waals surface area (Å²) >= 11 is 0. The predicted molar refractivity (Wildman–Crippen MR) is 88.7 cm³/mol. The zero-order valence-corrected chi connectivity index (χ0v) is 13.6. The smallest absolute Gasteiger partial charge is 0.161 e. The average molecular weight is 345 g/mol. The second kappa shape index (κ2) is 6.33. The number of benzene rings is 2. The maximum atomic E-state index is 13.3. The van der Waals surface area contributed by atoms with E-state index in [1.54, 1.807) is 0 Å². The van der Waals surface area contributed by atoms with E-state index in [2.05, 4.69) is 9.97 Å². The van der Waals surface area contributed by atoms with Gasteiger partial charge in [0, 0.05) is 18.7 Å². The van der Waals surface area contributed by atoms with Gasteiger partial charge in [0.2, 0.25) is 0 Å². The number of halogens is 2. The minimum atomic E-state index is -0.898. The molecule has 0 spiro atoms. The van der Waals surface area contributed by atoms with Gasteiger partial charge in [-0.1, -0.05) is 12.1 Å². The lowest BCUT2D eigenvalue weighted by Gasteiger charge is -2.29. The minimum absolute atomic E-state index is 0.0980. The molecule has 2 heterocycles. The van der Waals surface area contributed by atoms with Crippen LogP contribution in [0.2, 0.25) is 0 Å². The van der Waals surface area contributed by atoms with Gasteiger partial charge in [0.05, 0.1) is 17.6 Å². The number of ether oxygens (including phenoxy) is 2. The molecular formula is C18H17F2N3O2. The minimum Gasteiger partial charge on any atom is -0.486 e. The molecule has 7 heteroatoms. The van der Waals surface area contributed by atoms with Crippen molar-refractivity contribution in [1.82, 2.24) is 14.9 Å². The van der Waals surface area contributed by atoms with Crippen molar-refractivity contribution in [2.45, 2.75) is 12.6 Å². The van der Waals surface area contributed by atoms with Gasteiger partial charge < -0.3 is 14.5 Å². The highest BCUT2D eigenvalue weighted by atomic mass is 19.2. The first-order valence-electron chi connectivity index (χ1n) is 7.99. The van der Waals surface area contributed by atoms with Gasteiger partial charge in [0.15, 0.2) is 23.1 Å². The molecule has 0 saturated heterocycles. The van der Waals surface area contributed by atoms with E-state index >= 15 is 0 Å². The van der Waals surface area contributed by atoms with Crippen LogP contribution in [0.1, 0.15) is 5.82 Å². The van der Waals surface area contributed by atoms with E-state index in [0.717, 1.165) is 23.6 Å². The number of hydrogen-bond acceptors (Lipinski definition) is 4. The van der Waals surface area contributed by atoms with E-state index in [1.807, 2.05) is 36.2 Å². The molecule has 1 unspecified atom stereocenters. The lowest BCUT2D eigenvalue weighted by molar-refractivity contribution is 0.0633. The molecule has 3 aromatic rings. The lowest BCUT2D eigenvalue weighted by atomic mass is 10.2. The summed E-state index contributed by atoms with van der Waals surface area (Å²) in [6, 6.07) is 9.78. The zero-order chi connectivity index (χ0) is 17.4. The summed E-state index contributed by atoms with van der Waals surface area (Å²) in [6.07, 6.45) is -0.0980. The third-order valence-corrected chi connectivity index (χ3v) is 4.08. The van der Waals surface area contributed by atoms with Crippen LogP contribution in [0.5, 0.6) is 11.5 Å². The van der Waals surface area contributed by atoms with Crippen molar-refractivity contribution in [2.24, 2.45) is 0 Å². The normalized spacial score (nSPS) is 16.6. The Morgan fingerprint density at radius 1 is 1.20 bits per heavy atom. The SMILES string of the molecule is CN(Cc1nc2cc(F)c(F)cc2[nH]1)CC1COc2ccccc2O1. The number of rotatable bonds is 4. The fourth-order valence-corrected chi connectivity index (χ4v) is 2.95. The van der Waals surface area contributed by atoms with Gasteiger partial charge in [-0.15, -0.1) is 0 Å². The zero-order valence-electron chi connectivity index (χ0n) is 13.6. The fraction of sp³-hybridized carbons (Fsp3) is 0.278. The monoisotopic (exact) mass is 345 g/mol. The Labute approximate surface area is 143 Å². The molecule has 0 amide bonds. The van der Waals surface area contributed by atoms with Crippen molar-refractivity contribution in [3.05, 3.63) is 53.9 Å². The van der Waals surface area contributed by atoms with Crippen LogP contribution in [-0.4, -0.2) is 41.2 Å².